The first-order valence-corrected chi connectivity index (χ1v) is 7.97. The van der Waals surface area contributed by atoms with Crippen molar-refractivity contribution in [2.75, 3.05) is 6.54 Å². The van der Waals surface area contributed by atoms with Gasteiger partial charge in [0.25, 0.3) is 0 Å². The summed E-state index contributed by atoms with van der Waals surface area (Å²) in [5.74, 6) is -1.20. The van der Waals surface area contributed by atoms with E-state index in [4.69, 9.17) is 9.84 Å². The Hall–Kier alpha value is -2.29. The third-order valence-corrected chi connectivity index (χ3v) is 3.21. The lowest BCUT2D eigenvalue weighted by Crippen LogP contribution is -2.44. The number of benzene rings is 1. The largest absolute Gasteiger partial charge is 0.480 e. The number of carbonyl (C=O) groups is 2. The average molecular weight is 376 g/mol. The molecular weight excluding hydrogens is 353 g/mol. The van der Waals surface area contributed by atoms with E-state index in [1.165, 1.54) is 12.1 Å². The average Bonchev–Trinajstić information content (AvgIpc) is 2.47. The van der Waals surface area contributed by atoms with E-state index in [-0.39, 0.29) is 19.5 Å². The van der Waals surface area contributed by atoms with Crippen LogP contribution in [0.25, 0.3) is 0 Å². The molecule has 1 aromatic rings. The molecular formula is C17H23F3N2O4. The van der Waals surface area contributed by atoms with Crippen LogP contribution < -0.4 is 10.6 Å². The first-order valence-electron chi connectivity index (χ1n) is 7.97. The fraction of sp³-hybridized carbons (Fsp3) is 0.529. The van der Waals surface area contributed by atoms with Gasteiger partial charge in [-0.25, -0.2) is 9.59 Å². The molecule has 0 spiro atoms. The van der Waals surface area contributed by atoms with E-state index < -0.39 is 35.4 Å². The second-order valence-electron chi connectivity index (χ2n) is 6.70. The van der Waals surface area contributed by atoms with Gasteiger partial charge in [0, 0.05) is 6.54 Å². The Morgan fingerprint density at radius 1 is 1.15 bits per heavy atom. The van der Waals surface area contributed by atoms with Gasteiger partial charge in [0.2, 0.25) is 0 Å². The van der Waals surface area contributed by atoms with Gasteiger partial charge < -0.3 is 20.5 Å². The van der Waals surface area contributed by atoms with Crippen LogP contribution in [0.1, 0.15) is 38.3 Å². The zero-order valence-corrected chi connectivity index (χ0v) is 14.8. The Bertz CT molecular complexity index is 610. The predicted octanol–water partition coefficient (Wildman–Crippen LogP) is 3.16. The van der Waals surface area contributed by atoms with Crippen LogP contribution in [0, 0.1) is 0 Å². The molecule has 0 bridgehead atoms. The Balaban J connectivity index is 2.44. The highest BCUT2D eigenvalue weighted by Gasteiger charge is 2.29. The van der Waals surface area contributed by atoms with E-state index in [0.29, 0.717) is 5.56 Å². The van der Waals surface area contributed by atoms with Gasteiger partial charge in [0.1, 0.15) is 11.6 Å². The molecule has 0 saturated carbocycles. The van der Waals surface area contributed by atoms with Gasteiger partial charge in [-0.05, 0) is 51.4 Å². The molecule has 3 N–H and O–H groups in total. The molecule has 0 aliphatic heterocycles. The van der Waals surface area contributed by atoms with E-state index in [9.17, 15) is 22.8 Å². The van der Waals surface area contributed by atoms with Crippen LogP contribution in [0.15, 0.2) is 24.3 Å². The van der Waals surface area contributed by atoms with Crippen molar-refractivity contribution in [3.05, 3.63) is 35.4 Å². The normalized spacial score (nSPS) is 13.2. The Kier molecular flexibility index (Phi) is 7.43. The van der Waals surface area contributed by atoms with Crippen molar-refractivity contribution in [1.29, 1.82) is 0 Å². The number of hydrogen-bond acceptors (Lipinski definition) is 4. The monoisotopic (exact) mass is 376 g/mol. The van der Waals surface area contributed by atoms with Crippen LogP contribution in [0.2, 0.25) is 0 Å². The Morgan fingerprint density at radius 3 is 2.19 bits per heavy atom. The van der Waals surface area contributed by atoms with Crippen LogP contribution in [-0.4, -0.2) is 35.4 Å². The third-order valence-electron chi connectivity index (χ3n) is 3.21. The van der Waals surface area contributed by atoms with Crippen molar-refractivity contribution in [3.8, 4) is 0 Å². The molecule has 0 fully saturated rings. The molecule has 1 aromatic carbocycles. The van der Waals surface area contributed by atoms with E-state index in [1.54, 1.807) is 20.8 Å². The van der Waals surface area contributed by atoms with Gasteiger partial charge >= 0.3 is 18.2 Å². The molecule has 146 valence electrons. The third kappa shape index (κ3) is 8.19. The molecule has 0 aromatic heterocycles. The maximum Gasteiger partial charge on any atom is 0.416 e. The summed E-state index contributed by atoms with van der Waals surface area (Å²) in [6, 6.07) is 3.54. The van der Waals surface area contributed by atoms with E-state index in [0.717, 1.165) is 12.1 Å². The highest BCUT2D eigenvalue weighted by Crippen LogP contribution is 2.29. The SMILES string of the molecule is CC(C)(C)OC(=O)NC(CCNCc1ccc(C(F)(F)F)cc1)C(=O)O. The maximum absolute atomic E-state index is 12.5. The number of hydrogen-bond donors (Lipinski definition) is 3. The van der Waals surface area contributed by atoms with Crippen LogP contribution in [-0.2, 0) is 22.3 Å². The number of rotatable bonds is 7. The summed E-state index contributed by atoms with van der Waals surface area (Å²) in [7, 11) is 0. The lowest BCUT2D eigenvalue weighted by atomic mass is 10.1. The molecule has 9 heteroatoms. The zero-order valence-electron chi connectivity index (χ0n) is 14.8. The summed E-state index contributed by atoms with van der Waals surface area (Å²) in [6.45, 7) is 5.50. The summed E-state index contributed by atoms with van der Waals surface area (Å²) in [6.07, 6.45) is -5.11. The number of carboxylic acid groups (broad SMARTS) is 1. The van der Waals surface area contributed by atoms with Gasteiger partial charge in [-0.15, -0.1) is 0 Å². The van der Waals surface area contributed by atoms with E-state index >= 15 is 0 Å². The lowest BCUT2D eigenvalue weighted by molar-refractivity contribution is -0.139. The maximum atomic E-state index is 12.5. The molecule has 0 saturated heterocycles. The van der Waals surface area contributed by atoms with Gasteiger partial charge in [-0.2, -0.15) is 13.2 Å². The molecule has 1 atom stereocenters. The van der Waals surface area contributed by atoms with Crippen molar-refractivity contribution >= 4 is 12.1 Å². The fourth-order valence-electron chi connectivity index (χ4n) is 2.00. The standard InChI is InChI=1S/C17H23F3N2O4/c1-16(2,3)26-15(25)22-13(14(23)24)8-9-21-10-11-4-6-12(7-5-11)17(18,19)20/h4-7,13,21H,8-10H2,1-3H3,(H,22,25)(H,23,24). The van der Waals surface area contributed by atoms with Crippen LogP contribution >= 0.6 is 0 Å². The summed E-state index contributed by atoms with van der Waals surface area (Å²) < 4.78 is 42.5. The van der Waals surface area contributed by atoms with Gasteiger partial charge in [0.15, 0.2) is 0 Å². The number of nitrogens with one attached hydrogen (secondary N) is 2. The topological polar surface area (TPSA) is 87.7 Å². The smallest absolute Gasteiger partial charge is 0.416 e. The highest BCUT2D eigenvalue weighted by molar-refractivity contribution is 5.79. The van der Waals surface area contributed by atoms with Crippen molar-refractivity contribution in [2.24, 2.45) is 0 Å². The van der Waals surface area contributed by atoms with Crippen molar-refractivity contribution in [3.63, 3.8) is 0 Å². The minimum atomic E-state index is -4.38. The number of halogens is 3. The molecule has 26 heavy (non-hydrogen) atoms. The second kappa shape index (κ2) is 8.88. The number of ether oxygens (including phenoxy) is 1. The number of amides is 1. The summed E-state index contributed by atoms with van der Waals surface area (Å²) in [5, 5.41) is 14.3. The number of alkyl carbamates (subject to hydrolysis) is 1. The first kappa shape index (κ1) is 21.8. The number of carbonyl (C=O) groups excluding carboxylic acids is 1. The minimum Gasteiger partial charge on any atom is -0.480 e. The summed E-state index contributed by atoms with van der Waals surface area (Å²) >= 11 is 0. The number of aliphatic carboxylic acids is 1. The van der Waals surface area contributed by atoms with E-state index in [2.05, 4.69) is 10.6 Å². The van der Waals surface area contributed by atoms with Gasteiger partial charge in [-0.1, -0.05) is 12.1 Å². The lowest BCUT2D eigenvalue weighted by Gasteiger charge is -2.22. The van der Waals surface area contributed by atoms with Gasteiger partial charge in [-0.3, -0.25) is 0 Å². The van der Waals surface area contributed by atoms with Crippen LogP contribution in [0.3, 0.4) is 0 Å². The Labute approximate surface area is 149 Å². The van der Waals surface area contributed by atoms with Crippen molar-refractivity contribution in [2.45, 2.75) is 51.6 Å². The van der Waals surface area contributed by atoms with Crippen molar-refractivity contribution < 1.29 is 32.6 Å². The Morgan fingerprint density at radius 2 is 1.73 bits per heavy atom. The number of alkyl halides is 3. The molecule has 1 unspecified atom stereocenters. The first-order chi connectivity index (χ1) is 11.9. The molecule has 0 aliphatic rings. The molecule has 0 radical (unpaired) electrons. The highest BCUT2D eigenvalue weighted by atomic mass is 19.4. The molecule has 1 rings (SSSR count). The summed E-state index contributed by atoms with van der Waals surface area (Å²) in [4.78, 5) is 22.8. The van der Waals surface area contributed by atoms with E-state index in [1.807, 2.05) is 0 Å². The van der Waals surface area contributed by atoms with Crippen molar-refractivity contribution in [1.82, 2.24) is 10.6 Å². The predicted molar refractivity (Wildman–Crippen MR) is 88.6 cm³/mol. The molecule has 0 aliphatic carbocycles. The second-order valence-corrected chi connectivity index (χ2v) is 6.70. The minimum absolute atomic E-state index is 0.0925. The number of carboxylic acids is 1. The molecule has 1 amide bonds. The van der Waals surface area contributed by atoms with Crippen LogP contribution in [0.5, 0.6) is 0 Å². The fourth-order valence-corrected chi connectivity index (χ4v) is 2.00. The zero-order chi connectivity index (χ0) is 20.0. The van der Waals surface area contributed by atoms with Crippen LogP contribution in [0.4, 0.5) is 18.0 Å². The summed E-state index contributed by atoms with van der Waals surface area (Å²) in [5.41, 5.74) is -0.840. The quantitative estimate of drug-likeness (QED) is 0.637. The molecule has 0 heterocycles. The molecule has 6 nitrogen and oxygen atoms in total. The van der Waals surface area contributed by atoms with Gasteiger partial charge in [0.05, 0.1) is 5.56 Å².